The molecule has 0 aliphatic carbocycles. The number of thioether (sulfide) groups is 1. The highest BCUT2D eigenvalue weighted by Gasteiger charge is 2.18. The number of hydrogen-bond donors (Lipinski definition) is 1. The molecule has 154 valence electrons. The fraction of sp³-hybridized carbons (Fsp3) is 0.409. The molecule has 0 aliphatic rings. The van der Waals surface area contributed by atoms with Crippen molar-refractivity contribution in [3.63, 3.8) is 0 Å². The van der Waals surface area contributed by atoms with Crippen LogP contribution in [-0.4, -0.2) is 26.8 Å². The van der Waals surface area contributed by atoms with Crippen LogP contribution in [0, 0.1) is 0 Å². The van der Waals surface area contributed by atoms with Crippen molar-refractivity contribution >= 4 is 39.2 Å². The van der Waals surface area contributed by atoms with E-state index in [-0.39, 0.29) is 22.8 Å². The van der Waals surface area contributed by atoms with Gasteiger partial charge in [0.2, 0.25) is 5.91 Å². The number of fused-ring (bicyclic) bond motifs is 1. The number of thiophene rings is 1. The summed E-state index contributed by atoms with van der Waals surface area (Å²) in [6, 6.07) is 12.0. The van der Waals surface area contributed by atoms with E-state index in [4.69, 9.17) is 4.98 Å². The minimum absolute atomic E-state index is 0.0272. The molecule has 7 heteroatoms. The normalized spacial score (nSPS) is 11.7. The van der Waals surface area contributed by atoms with Crippen LogP contribution in [0.4, 0.5) is 0 Å². The maximum Gasteiger partial charge on any atom is 0.262 e. The van der Waals surface area contributed by atoms with Crippen molar-refractivity contribution in [3.8, 4) is 0 Å². The molecule has 1 aromatic carbocycles. The van der Waals surface area contributed by atoms with Crippen LogP contribution in [0.25, 0.3) is 10.2 Å². The van der Waals surface area contributed by atoms with Crippen LogP contribution in [-0.2, 0) is 24.2 Å². The zero-order valence-corrected chi connectivity index (χ0v) is 19.0. The van der Waals surface area contributed by atoms with E-state index in [0.717, 1.165) is 22.5 Å². The van der Waals surface area contributed by atoms with Gasteiger partial charge in [0.05, 0.1) is 11.1 Å². The van der Waals surface area contributed by atoms with Gasteiger partial charge < -0.3 is 5.32 Å². The summed E-state index contributed by atoms with van der Waals surface area (Å²) in [5.74, 6) is 0.166. The lowest BCUT2D eigenvalue weighted by atomic mass is 10.1. The molecule has 0 unspecified atom stereocenters. The van der Waals surface area contributed by atoms with E-state index < -0.39 is 0 Å². The van der Waals surface area contributed by atoms with E-state index in [1.54, 1.807) is 15.9 Å². The second kappa shape index (κ2) is 9.13. The third-order valence-electron chi connectivity index (χ3n) is 4.33. The maximum atomic E-state index is 13.2. The molecule has 5 nitrogen and oxygen atoms in total. The monoisotopic (exact) mass is 429 g/mol. The van der Waals surface area contributed by atoms with Crippen LogP contribution in [0.2, 0.25) is 0 Å². The van der Waals surface area contributed by atoms with Gasteiger partial charge in [-0.1, -0.05) is 49.0 Å². The van der Waals surface area contributed by atoms with Crippen molar-refractivity contribution in [2.75, 3.05) is 5.75 Å². The summed E-state index contributed by atoms with van der Waals surface area (Å²) in [6.45, 7) is 8.46. The van der Waals surface area contributed by atoms with Gasteiger partial charge in [-0.3, -0.25) is 14.2 Å². The van der Waals surface area contributed by atoms with Gasteiger partial charge in [0, 0.05) is 17.0 Å². The number of aryl methyl sites for hydroxylation is 2. The standard InChI is InChI=1S/C22H27N3O2S2/c1-5-16-13-17-19(29-16)23-21(28-14-18(26)24-22(2,3)4)25(20(17)27)12-11-15-9-7-6-8-10-15/h6-10,13H,5,11-12,14H2,1-4H3,(H,24,26). The van der Waals surface area contributed by atoms with Gasteiger partial charge in [-0.2, -0.15) is 0 Å². The lowest BCUT2D eigenvalue weighted by Crippen LogP contribution is -2.41. The van der Waals surface area contributed by atoms with E-state index in [0.29, 0.717) is 17.1 Å². The molecule has 0 bridgehead atoms. The van der Waals surface area contributed by atoms with Gasteiger partial charge in [0.15, 0.2) is 5.16 Å². The molecule has 3 rings (SSSR count). The topological polar surface area (TPSA) is 64.0 Å². The molecule has 29 heavy (non-hydrogen) atoms. The van der Waals surface area contributed by atoms with Gasteiger partial charge in [-0.05, 0) is 45.2 Å². The van der Waals surface area contributed by atoms with Gasteiger partial charge in [-0.15, -0.1) is 11.3 Å². The van der Waals surface area contributed by atoms with Gasteiger partial charge in [-0.25, -0.2) is 4.98 Å². The number of rotatable bonds is 7. The molecular weight excluding hydrogens is 402 g/mol. The van der Waals surface area contributed by atoms with E-state index in [1.807, 2.05) is 45.0 Å². The number of nitrogens with zero attached hydrogens (tertiary/aromatic N) is 2. The smallest absolute Gasteiger partial charge is 0.262 e. The fourth-order valence-electron chi connectivity index (χ4n) is 3.00. The Balaban J connectivity index is 1.90. The van der Waals surface area contributed by atoms with E-state index in [2.05, 4.69) is 24.4 Å². The quantitative estimate of drug-likeness (QED) is 0.450. The molecule has 1 amide bonds. The summed E-state index contributed by atoms with van der Waals surface area (Å²) in [7, 11) is 0. The molecule has 1 N–H and O–H groups in total. The third-order valence-corrected chi connectivity index (χ3v) is 6.48. The Bertz CT molecular complexity index is 1050. The molecule has 3 aromatic rings. The molecular formula is C22H27N3O2S2. The Morgan fingerprint density at radius 1 is 1.24 bits per heavy atom. The summed E-state index contributed by atoms with van der Waals surface area (Å²) < 4.78 is 1.72. The highest BCUT2D eigenvalue weighted by Crippen LogP contribution is 2.25. The second-order valence-corrected chi connectivity index (χ2v) is 10.0. The van der Waals surface area contributed by atoms with Crippen LogP contribution in [0.3, 0.4) is 0 Å². The Morgan fingerprint density at radius 3 is 2.62 bits per heavy atom. The summed E-state index contributed by atoms with van der Waals surface area (Å²) in [5, 5.41) is 4.23. The predicted molar refractivity (Wildman–Crippen MR) is 122 cm³/mol. The highest BCUT2D eigenvalue weighted by molar-refractivity contribution is 7.99. The SMILES string of the molecule is CCc1cc2c(=O)n(CCc3ccccc3)c(SCC(=O)NC(C)(C)C)nc2s1. The van der Waals surface area contributed by atoms with Crippen LogP contribution in [0.1, 0.15) is 38.1 Å². The van der Waals surface area contributed by atoms with Gasteiger partial charge >= 0.3 is 0 Å². The molecule has 0 radical (unpaired) electrons. The number of carbonyl (C=O) groups is 1. The fourth-order valence-corrected chi connectivity index (χ4v) is 4.83. The number of aromatic nitrogens is 2. The minimum atomic E-state index is -0.286. The van der Waals surface area contributed by atoms with Crippen molar-refractivity contribution in [3.05, 3.63) is 57.2 Å². The molecule has 0 spiro atoms. The Kier molecular flexibility index (Phi) is 6.80. The first-order valence-electron chi connectivity index (χ1n) is 9.78. The van der Waals surface area contributed by atoms with Gasteiger partial charge in [0.25, 0.3) is 5.56 Å². The first-order valence-corrected chi connectivity index (χ1v) is 11.6. The Hall–Kier alpha value is -2.12. The predicted octanol–water partition coefficient (Wildman–Crippen LogP) is 4.27. The molecule has 2 heterocycles. The molecule has 0 fully saturated rings. The van der Waals surface area contributed by atoms with Crippen molar-refractivity contribution in [1.82, 2.24) is 14.9 Å². The number of hydrogen-bond acceptors (Lipinski definition) is 5. The molecule has 0 atom stereocenters. The highest BCUT2D eigenvalue weighted by atomic mass is 32.2. The zero-order valence-electron chi connectivity index (χ0n) is 17.3. The van der Waals surface area contributed by atoms with Crippen LogP contribution in [0.5, 0.6) is 0 Å². The van der Waals surface area contributed by atoms with Crippen LogP contribution >= 0.6 is 23.1 Å². The lowest BCUT2D eigenvalue weighted by molar-refractivity contribution is -0.119. The van der Waals surface area contributed by atoms with Crippen molar-refractivity contribution in [2.24, 2.45) is 0 Å². The van der Waals surface area contributed by atoms with Crippen molar-refractivity contribution in [2.45, 2.75) is 57.8 Å². The molecule has 2 aromatic heterocycles. The number of nitrogens with one attached hydrogen (secondary N) is 1. The number of amides is 1. The molecule has 0 saturated carbocycles. The average Bonchev–Trinajstić information content (AvgIpc) is 3.09. The first kappa shape index (κ1) is 21.6. The minimum Gasteiger partial charge on any atom is -0.351 e. The summed E-state index contributed by atoms with van der Waals surface area (Å²) in [6.07, 6.45) is 1.61. The summed E-state index contributed by atoms with van der Waals surface area (Å²) in [4.78, 5) is 32.1. The third kappa shape index (κ3) is 5.70. The number of carbonyl (C=O) groups excluding carboxylic acids is 1. The van der Waals surface area contributed by atoms with Gasteiger partial charge in [0.1, 0.15) is 4.83 Å². The molecule has 0 saturated heterocycles. The average molecular weight is 430 g/mol. The summed E-state index contributed by atoms with van der Waals surface area (Å²) in [5.41, 5.74) is 0.854. The largest absolute Gasteiger partial charge is 0.351 e. The van der Waals surface area contributed by atoms with E-state index in [1.165, 1.54) is 17.3 Å². The number of benzene rings is 1. The van der Waals surface area contributed by atoms with Crippen molar-refractivity contribution in [1.29, 1.82) is 0 Å². The Morgan fingerprint density at radius 2 is 1.97 bits per heavy atom. The van der Waals surface area contributed by atoms with Crippen molar-refractivity contribution < 1.29 is 4.79 Å². The summed E-state index contributed by atoms with van der Waals surface area (Å²) >= 11 is 2.88. The van der Waals surface area contributed by atoms with Crippen LogP contribution < -0.4 is 10.9 Å². The lowest BCUT2D eigenvalue weighted by Gasteiger charge is -2.20. The zero-order chi connectivity index (χ0) is 21.0. The van der Waals surface area contributed by atoms with Crippen LogP contribution in [0.15, 0.2) is 46.3 Å². The Labute approximate surface area is 179 Å². The first-order chi connectivity index (χ1) is 13.8. The maximum absolute atomic E-state index is 13.2. The second-order valence-electron chi connectivity index (χ2n) is 7.96. The molecule has 0 aliphatic heterocycles. The van der Waals surface area contributed by atoms with E-state index in [9.17, 15) is 9.59 Å². The van der Waals surface area contributed by atoms with E-state index >= 15 is 0 Å².